The zero-order valence-corrected chi connectivity index (χ0v) is 23.2. The summed E-state index contributed by atoms with van der Waals surface area (Å²) in [5.74, 6) is -2.42. The fraction of sp³-hybridized carbons (Fsp3) is 0.520. The van der Waals surface area contributed by atoms with E-state index in [1.165, 1.54) is 11.8 Å². The molecule has 13 heteroatoms. The Hall–Kier alpha value is -2.74. The van der Waals surface area contributed by atoms with E-state index in [1.807, 2.05) is 30.5 Å². The first kappa shape index (κ1) is 31.5. The Labute approximate surface area is 232 Å². The number of carbonyl (C=O) groups excluding carboxylic acids is 3. The van der Waals surface area contributed by atoms with Crippen molar-refractivity contribution >= 4 is 59.0 Å². The highest BCUT2D eigenvalue weighted by Crippen LogP contribution is 2.19. The van der Waals surface area contributed by atoms with Gasteiger partial charge in [0, 0.05) is 29.3 Å². The number of para-hydroxylation sites is 1. The van der Waals surface area contributed by atoms with Gasteiger partial charge in [0.2, 0.25) is 17.7 Å². The van der Waals surface area contributed by atoms with Crippen molar-refractivity contribution in [1.82, 2.24) is 20.9 Å². The molecule has 3 amide bonds. The molecule has 38 heavy (non-hydrogen) atoms. The predicted octanol–water partition coefficient (Wildman–Crippen LogP) is 0.389. The number of nitrogens with two attached hydrogens (primary N) is 2. The van der Waals surface area contributed by atoms with Gasteiger partial charge in [-0.05, 0) is 49.4 Å². The minimum atomic E-state index is -1.16. The molecule has 1 aromatic carbocycles. The smallest absolute Gasteiger partial charge is 0.326 e. The van der Waals surface area contributed by atoms with Crippen LogP contribution in [0.25, 0.3) is 10.9 Å². The highest BCUT2D eigenvalue weighted by molar-refractivity contribution is 7.98. The number of nitrogens with one attached hydrogen (secondary N) is 4. The Morgan fingerprint density at radius 1 is 1.00 bits per heavy atom. The van der Waals surface area contributed by atoms with E-state index in [1.54, 1.807) is 6.20 Å². The van der Waals surface area contributed by atoms with Gasteiger partial charge < -0.3 is 37.5 Å². The minimum absolute atomic E-state index is 0.0278. The summed E-state index contributed by atoms with van der Waals surface area (Å²) in [7, 11) is 0. The van der Waals surface area contributed by atoms with Gasteiger partial charge in [-0.1, -0.05) is 24.6 Å². The van der Waals surface area contributed by atoms with Gasteiger partial charge in [0.05, 0.1) is 6.04 Å². The molecule has 0 radical (unpaired) electrons. The number of carboxylic acids is 1. The number of amides is 3. The lowest BCUT2D eigenvalue weighted by Crippen LogP contribution is -2.58. The molecule has 11 nitrogen and oxygen atoms in total. The van der Waals surface area contributed by atoms with E-state index in [-0.39, 0.29) is 18.6 Å². The molecule has 1 heterocycles. The van der Waals surface area contributed by atoms with Crippen molar-refractivity contribution in [3.63, 3.8) is 0 Å². The van der Waals surface area contributed by atoms with E-state index in [0.717, 1.165) is 22.9 Å². The summed E-state index contributed by atoms with van der Waals surface area (Å²) in [5, 5.41) is 18.3. The SMILES string of the molecule is CSCCC(NC(=O)C(Cc1c[nH]c2ccccc12)NC(=O)C(CS)NC(=O)C(N)CCCCN)C(=O)O. The van der Waals surface area contributed by atoms with Crippen LogP contribution in [0.2, 0.25) is 0 Å². The van der Waals surface area contributed by atoms with Crippen LogP contribution in [0.4, 0.5) is 0 Å². The van der Waals surface area contributed by atoms with E-state index < -0.39 is 47.9 Å². The van der Waals surface area contributed by atoms with Crippen LogP contribution in [0.1, 0.15) is 31.2 Å². The zero-order valence-electron chi connectivity index (χ0n) is 21.4. The van der Waals surface area contributed by atoms with Crippen molar-refractivity contribution in [2.24, 2.45) is 11.5 Å². The summed E-state index contributed by atoms with van der Waals surface area (Å²) in [6, 6.07) is 3.45. The molecule has 0 saturated heterocycles. The molecule has 0 spiro atoms. The number of aliphatic carboxylic acids is 1. The second kappa shape index (κ2) is 16.3. The number of carboxylic acid groups (broad SMARTS) is 1. The van der Waals surface area contributed by atoms with Gasteiger partial charge in [0.15, 0.2) is 0 Å². The second-order valence-electron chi connectivity index (χ2n) is 8.94. The molecule has 4 unspecified atom stereocenters. The third-order valence-electron chi connectivity index (χ3n) is 6.08. The molecule has 9 N–H and O–H groups in total. The van der Waals surface area contributed by atoms with E-state index in [9.17, 15) is 24.3 Å². The van der Waals surface area contributed by atoms with Gasteiger partial charge in [-0.3, -0.25) is 14.4 Å². The van der Waals surface area contributed by atoms with Crippen LogP contribution in [-0.2, 0) is 25.6 Å². The third-order valence-corrected chi connectivity index (χ3v) is 7.09. The van der Waals surface area contributed by atoms with Crippen molar-refractivity contribution in [3.05, 3.63) is 36.0 Å². The zero-order chi connectivity index (χ0) is 28.1. The average Bonchev–Trinajstić information content (AvgIpc) is 3.31. The molecule has 0 aliphatic heterocycles. The number of aromatic nitrogens is 1. The van der Waals surface area contributed by atoms with E-state index >= 15 is 0 Å². The lowest BCUT2D eigenvalue weighted by molar-refractivity contribution is -0.142. The van der Waals surface area contributed by atoms with Gasteiger partial charge in [0.1, 0.15) is 18.1 Å². The third kappa shape index (κ3) is 9.53. The highest BCUT2D eigenvalue weighted by Gasteiger charge is 2.30. The fourth-order valence-electron chi connectivity index (χ4n) is 3.88. The summed E-state index contributed by atoms with van der Waals surface area (Å²) < 4.78 is 0. The maximum Gasteiger partial charge on any atom is 0.326 e. The predicted molar refractivity (Wildman–Crippen MR) is 153 cm³/mol. The number of hydrogen-bond donors (Lipinski definition) is 8. The van der Waals surface area contributed by atoms with Crippen molar-refractivity contribution in [1.29, 1.82) is 0 Å². The number of H-pyrrole nitrogens is 1. The van der Waals surface area contributed by atoms with Crippen molar-refractivity contribution in [2.75, 3.05) is 24.3 Å². The molecule has 2 aromatic rings. The maximum atomic E-state index is 13.3. The summed E-state index contributed by atoms with van der Waals surface area (Å²) in [6.07, 6.45) is 5.75. The standard InChI is InChI=1S/C25H38N6O5S2/c1-38-11-9-19(25(35)36)29-23(33)20(12-15-13-28-18-8-3-2-6-16(15)18)30-24(34)21(14-37)31-22(32)17(27)7-4-5-10-26/h2-3,6,8,13,17,19-21,28,37H,4-5,7,9-12,14,26-27H2,1H3,(H,29,33)(H,30,34)(H,31,32)(H,35,36). The molecule has 1 aromatic heterocycles. The minimum Gasteiger partial charge on any atom is -0.480 e. The first-order chi connectivity index (χ1) is 18.2. The monoisotopic (exact) mass is 566 g/mol. The molecule has 0 aliphatic carbocycles. The number of benzene rings is 1. The molecule has 0 bridgehead atoms. The van der Waals surface area contributed by atoms with Crippen LogP contribution in [0.15, 0.2) is 30.5 Å². The number of aromatic amines is 1. The molecular formula is C25H38N6O5S2. The van der Waals surface area contributed by atoms with Crippen molar-refractivity contribution in [2.45, 2.75) is 56.3 Å². The van der Waals surface area contributed by atoms with Crippen LogP contribution >= 0.6 is 24.4 Å². The second-order valence-corrected chi connectivity index (χ2v) is 10.3. The lowest BCUT2D eigenvalue weighted by atomic mass is 10.0. The number of unbranched alkanes of at least 4 members (excludes halogenated alkanes) is 1. The Morgan fingerprint density at radius 3 is 2.32 bits per heavy atom. The quantitative estimate of drug-likeness (QED) is 0.0995. The van der Waals surface area contributed by atoms with Gasteiger partial charge >= 0.3 is 5.97 Å². The van der Waals surface area contributed by atoms with E-state index in [4.69, 9.17) is 11.5 Å². The number of thioether (sulfide) groups is 1. The molecule has 0 aliphatic rings. The summed E-state index contributed by atoms with van der Waals surface area (Å²) in [5.41, 5.74) is 13.1. The average molecular weight is 567 g/mol. The highest BCUT2D eigenvalue weighted by atomic mass is 32.2. The Balaban J connectivity index is 2.20. The lowest BCUT2D eigenvalue weighted by Gasteiger charge is -2.24. The van der Waals surface area contributed by atoms with Gasteiger partial charge in [0.25, 0.3) is 0 Å². The summed E-state index contributed by atoms with van der Waals surface area (Å²) >= 11 is 5.66. The number of carbonyl (C=O) groups is 4. The molecule has 0 fully saturated rings. The fourth-order valence-corrected chi connectivity index (χ4v) is 4.61. The van der Waals surface area contributed by atoms with Crippen LogP contribution < -0.4 is 27.4 Å². The molecule has 2 rings (SSSR count). The van der Waals surface area contributed by atoms with Crippen LogP contribution in [0, 0.1) is 0 Å². The Kier molecular flexibility index (Phi) is 13.5. The molecule has 0 saturated carbocycles. The largest absolute Gasteiger partial charge is 0.480 e. The first-order valence-electron chi connectivity index (χ1n) is 12.5. The van der Waals surface area contributed by atoms with Crippen LogP contribution in [0.5, 0.6) is 0 Å². The molecular weight excluding hydrogens is 528 g/mol. The normalized spacial score (nSPS) is 14.3. The van der Waals surface area contributed by atoms with Crippen molar-refractivity contribution < 1.29 is 24.3 Å². The number of hydrogen-bond acceptors (Lipinski definition) is 8. The number of thiol groups is 1. The molecule has 210 valence electrons. The van der Waals surface area contributed by atoms with Crippen LogP contribution in [-0.4, -0.2) is 82.3 Å². The van der Waals surface area contributed by atoms with Gasteiger partial charge in [-0.15, -0.1) is 0 Å². The summed E-state index contributed by atoms with van der Waals surface area (Å²) in [6.45, 7) is 0.496. The summed E-state index contributed by atoms with van der Waals surface area (Å²) in [4.78, 5) is 53.8. The van der Waals surface area contributed by atoms with E-state index in [0.29, 0.717) is 25.1 Å². The first-order valence-corrected chi connectivity index (χ1v) is 14.5. The van der Waals surface area contributed by atoms with Gasteiger partial charge in [-0.2, -0.15) is 24.4 Å². The van der Waals surface area contributed by atoms with Crippen LogP contribution in [0.3, 0.4) is 0 Å². The van der Waals surface area contributed by atoms with Crippen molar-refractivity contribution in [3.8, 4) is 0 Å². The number of fused-ring (bicyclic) bond motifs is 1. The Morgan fingerprint density at radius 2 is 1.66 bits per heavy atom. The van der Waals surface area contributed by atoms with E-state index in [2.05, 4.69) is 33.6 Å². The maximum absolute atomic E-state index is 13.3. The molecule has 4 atom stereocenters. The topological polar surface area (TPSA) is 192 Å². The number of rotatable bonds is 17. The Bertz CT molecular complexity index is 1080. The van der Waals surface area contributed by atoms with Gasteiger partial charge in [-0.25, -0.2) is 4.79 Å².